The van der Waals surface area contributed by atoms with Gasteiger partial charge in [0.25, 0.3) is 5.91 Å². The summed E-state index contributed by atoms with van der Waals surface area (Å²) in [6.07, 6.45) is 7.21. The Hall–Kier alpha value is -3.05. The van der Waals surface area contributed by atoms with Gasteiger partial charge in [-0.1, -0.05) is 17.7 Å². The van der Waals surface area contributed by atoms with E-state index in [1.807, 2.05) is 54.2 Å². The number of nitrogens with two attached hydrogens (primary N) is 1. The number of rotatable bonds is 3. The number of pyridine rings is 1. The van der Waals surface area contributed by atoms with Crippen molar-refractivity contribution in [2.75, 3.05) is 0 Å². The molecule has 3 heterocycles. The zero-order valence-electron chi connectivity index (χ0n) is 13.5. The quantitative estimate of drug-likeness (QED) is 0.584. The number of aromatic nitrogens is 3. The summed E-state index contributed by atoms with van der Waals surface area (Å²) < 4.78 is 1.90. The average molecular weight is 351 g/mol. The molecule has 5 nitrogen and oxygen atoms in total. The van der Waals surface area contributed by atoms with Crippen LogP contribution in [0.3, 0.4) is 0 Å². The maximum atomic E-state index is 12.0. The molecule has 0 aliphatic rings. The minimum Gasteiger partial charge on any atom is -0.366 e. The van der Waals surface area contributed by atoms with Crippen molar-refractivity contribution in [3.63, 3.8) is 0 Å². The predicted octanol–water partition coefficient (Wildman–Crippen LogP) is 4.08. The smallest absolute Gasteiger partial charge is 0.250 e. The standard InChI is InChI=1S/C19H15ClN4O/c1-11-2-3-12(20)8-14(11)15-9-24(10-16(15)18(21)25)17-5-7-23-19-13(17)4-6-22-19/h2-10H,1H3,(H2,21,25)(H,22,23). The minimum atomic E-state index is -0.479. The highest BCUT2D eigenvalue weighted by atomic mass is 35.5. The number of nitrogens with one attached hydrogen (secondary N) is 1. The number of aryl methyl sites for hydroxylation is 1. The van der Waals surface area contributed by atoms with Crippen LogP contribution in [-0.4, -0.2) is 20.4 Å². The first kappa shape index (κ1) is 15.5. The first-order valence-electron chi connectivity index (χ1n) is 7.75. The molecule has 3 N–H and O–H groups in total. The Morgan fingerprint density at radius 1 is 1.20 bits per heavy atom. The summed E-state index contributed by atoms with van der Waals surface area (Å²) in [6, 6.07) is 9.45. The van der Waals surface area contributed by atoms with Gasteiger partial charge in [-0.2, -0.15) is 0 Å². The van der Waals surface area contributed by atoms with Gasteiger partial charge in [-0.05, 0) is 42.3 Å². The van der Waals surface area contributed by atoms with E-state index in [0.717, 1.165) is 33.4 Å². The third kappa shape index (κ3) is 2.58. The Balaban J connectivity index is 1.97. The Bertz CT molecular complexity index is 1110. The molecule has 0 bridgehead atoms. The van der Waals surface area contributed by atoms with Gasteiger partial charge < -0.3 is 15.3 Å². The number of halogens is 1. The summed E-state index contributed by atoms with van der Waals surface area (Å²) in [4.78, 5) is 19.4. The molecule has 0 fully saturated rings. The van der Waals surface area contributed by atoms with Crippen molar-refractivity contribution in [3.8, 4) is 16.8 Å². The highest BCUT2D eigenvalue weighted by Gasteiger charge is 2.17. The number of aromatic amines is 1. The number of primary amides is 1. The second kappa shape index (κ2) is 5.79. The van der Waals surface area contributed by atoms with Crippen LogP contribution in [0.25, 0.3) is 27.8 Å². The molecule has 0 aliphatic carbocycles. The van der Waals surface area contributed by atoms with E-state index in [1.54, 1.807) is 12.4 Å². The molecule has 25 heavy (non-hydrogen) atoms. The fourth-order valence-electron chi connectivity index (χ4n) is 3.06. The second-order valence-electron chi connectivity index (χ2n) is 5.89. The van der Waals surface area contributed by atoms with Crippen molar-refractivity contribution in [2.24, 2.45) is 5.73 Å². The molecule has 4 aromatic rings. The Labute approximate surface area is 149 Å². The van der Waals surface area contributed by atoms with Crippen molar-refractivity contribution >= 4 is 28.5 Å². The Kier molecular flexibility index (Phi) is 3.58. The number of hydrogen-bond donors (Lipinski definition) is 2. The van der Waals surface area contributed by atoms with Crippen LogP contribution in [0.15, 0.2) is 55.1 Å². The van der Waals surface area contributed by atoms with Gasteiger partial charge in [0.05, 0.1) is 11.3 Å². The molecule has 1 amide bonds. The van der Waals surface area contributed by atoms with E-state index in [0.29, 0.717) is 10.6 Å². The lowest BCUT2D eigenvalue weighted by molar-refractivity contribution is 0.100. The predicted molar refractivity (Wildman–Crippen MR) is 99.1 cm³/mol. The summed E-state index contributed by atoms with van der Waals surface area (Å²) in [5, 5.41) is 1.57. The SMILES string of the molecule is Cc1ccc(Cl)cc1-c1cn(-c2ccnc3[nH]ccc23)cc1C(N)=O. The van der Waals surface area contributed by atoms with Gasteiger partial charge in [-0.25, -0.2) is 4.98 Å². The van der Waals surface area contributed by atoms with E-state index in [4.69, 9.17) is 17.3 Å². The molecule has 6 heteroatoms. The second-order valence-corrected chi connectivity index (χ2v) is 6.32. The molecule has 4 rings (SSSR count). The monoisotopic (exact) mass is 350 g/mol. The number of nitrogens with zero attached hydrogens (tertiary/aromatic N) is 2. The van der Waals surface area contributed by atoms with Gasteiger partial charge in [0, 0.05) is 40.8 Å². The van der Waals surface area contributed by atoms with Crippen LogP contribution in [0.2, 0.25) is 5.02 Å². The third-order valence-corrected chi connectivity index (χ3v) is 4.53. The van der Waals surface area contributed by atoms with Crippen LogP contribution in [0.5, 0.6) is 0 Å². The van der Waals surface area contributed by atoms with Crippen LogP contribution < -0.4 is 5.73 Å². The summed E-state index contributed by atoms with van der Waals surface area (Å²) >= 11 is 6.15. The molecule has 0 saturated carbocycles. The van der Waals surface area contributed by atoms with Gasteiger partial charge in [-0.3, -0.25) is 4.79 Å². The number of carbonyl (C=O) groups excluding carboxylic acids is 1. The Morgan fingerprint density at radius 3 is 2.84 bits per heavy atom. The lowest BCUT2D eigenvalue weighted by atomic mass is 10.00. The average Bonchev–Trinajstić information content (AvgIpc) is 3.23. The maximum Gasteiger partial charge on any atom is 0.250 e. The molecule has 124 valence electrons. The van der Waals surface area contributed by atoms with E-state index in [9.17, 15) is 4.79 Å². The van der Waals surface area contributed by atoms with E-state index >= 15 is 0 Å². The number of hydrogen-bond acceptors (Lipinski definition) is 2. The van der Waals surface area contributed by atoms with Crippen LogP contribution in [0.1, 0.15) is 15.9 Å². The third-order valence-electron chi connectivity index (χ3n) is 4.30. The summed E-state index contributed by atoms with van der Waals surface area (Å²) in [5.74, 6) is -0.479. The van der Waals surface area contributed by atoms with Crippen molar-refractivity contribution in [3.05, 3.63) is 71.3 Å². The number of H-pyrrole nitrogens is 1. The summed E-state index contributed by atoms with van der Waals surface area (Å²) in [7, 11) is 0. The van der Waals surface area contributed by atoms with E-state index < -0.39 is 5.91 Å². The van der Waals surface area contributed by atoms with Gasteiger partial charge in [0.2, 0.25) is 0 Å². The Morgan fingerprint density at radius 2 is 2.04 bits per heavy atom. The molecule has 0 aliphatic heterocycles. The topological polar surface area (TPSA) is 76.7 Å². The van der Waals surface area contributed by atoms with Crippen molar-refractivity contribution in [2.45, 2.75) is 6.92 Å². The molecular formula is C19H15ClN4O. The van der Waals surface area contributed by atoms with Crippen molar-refractivity contribution < 1.29 is 4.79 Å². The van der Waals surface area contributed by atoms with Crippen molar-refractivity contribution in [1.29, 1.82) is 0 Å². The zero-order chi connectivity index (χ0) is 17.6. The first-order chi connectivity index (χ1) is 12.0. The first-order valence-corrected chi connectivity index (χ1v) is 8.13. The lowest BCUT2D eigenvalue weighted by Gasteiger charge is -2.06. The highest BCUT2D eigenvalue weighted by molar-refractivity contribution is 6.31. The maximum absolute atomic E-state index is 12.0. The van der Waals surface area contributed by atoms with Crippen LogP contribution in [-0.2, 0) is 0 Å². The molecule has 0 radical (unpaired) electrons. The van der Waals surface area contributed by atoms with E-state index in [1.165, 1.54) is 0 Å². The van der Waals surface area contributed by atoms with Gasteiger partial charge in [0.1, 0.15) is 5.65 Å². The van der Waals surface area contributed by atoms with E-state index in [-0.39, 0.29) is 0 Å². The van der Waals surface area contributed by atoms with Gasteiger partial charge in [-0.15, -0.1) is 0 Å². The molecule has 1 aromatic carbocycles. The fraction of sp³-hybridized carbons (Fsp3) is 0.0526. The highest BCUT2D eigenvalue weighted by Crippen LogP contribution is 2.32. The number of benzene rings is 1. The normalized spacial score (nSPS) is 11.1. The van der Waals surface area contributed by atoms with Crippen LogP contribution >= 0.6 is 11.6 Å². The van der Waals surface area contributed by atoms with Crippen molar-refractivity contribution in [1.82, 2.24) is 14.5 Å². The molecule has 0 atom stereocenters. The molecular weight excluding hydrogens is 336 g/mol. The number of fused-ring (bicyclic) bond motifs is 1. The van der Waals surface area contributed by atoms with Gasteiger partial charge in [0.15, 0.2) is 0 Å². The fourth-order valence-corrected chi connectivity index (χ4v) is 3.23. The zero-order valence-corrected chi connectivity index (χ0v) is 14.2. The summed E-state index contributed by atoms with van der Waals surface area (Å²) in [6.45, 7) is 1.98. The van der Waals surface area contributed by atoms with Gasteiger partial charge >= 0.3 is 0 Å². The van der Waals surface area contributed by atoms with Crippen LogP contribution in [0.4, 0.5) is 0 Å². The number of carbonyl (C=O) groups is 1. The lowest BCUT2D eigenvalue weighted by Crippen LogP contribution is -2.11. The molecule has 0 spiro atoms. The summed E-state index contributed by atoms with van der Waals surface area (Å²) in [5.41, 5.74) is 10.4. The van der Waals surface area contributed by atoms with E-state index in [2.05, 4.69) is 9.97 Å². The largest absolute Gasteiger partial charge is 0.366 e. The minimum absolute atomic E-state index is 0.450. The molecule has 0 unspecified atom stereocenters. The molecule has 0 saturated heterocycles. The van der Waals surface area contributed by atoms with Crippen LogP contribution in [0, 0.1) is 6.92 Å². The molecule has 3 aromatic heterocycles. The number of amides is 1.